The lowest BCUT2D eigenvalue weighted by Gasteiger charge is -2.31. The molecule has 2 amide bonds. The Labute approximate surface area is 249 Å². The minimum absolute atomic E-state index is 0.00325. The Kier molecular flexibility index (Phi) is 9.86. The Hall–Kier alpha value is -4.36. The standard InChI is InChI=1S/C31H34ClN5O5/c1-31(2,3)42-30(40)36-22-13-11-21(12-14-22)35-27-26-23(6-5-17-33-26)24(15-16-25(38)41-4)37-28(27)29(39)34-18-19-7-9-20(32)10-8-19/h5-10,17,21-22,35H,11-14,18H2,1-4H3,(H,34,39)(H,36,40). The number of carbonyl (C=O) groups is 3. The number of amides is 2. The zero-order valence-electron chi connectivity index (χ0n) is 24.0. The number of rotatable bonds is 6. The monoisotopic (exact) mass is 591 g/mol. The molecule has 0 atom stereocenters. The Morgan fingerprint density at radius 3 is 2.40 bits per heavy atom. The molecule has 0 bridgehead atoms. The van der Waals surface area contributed by atoms with E-state index in [1.807, 2.05) is 32.9 Å². The Bertz CT molecular complexity index is 1520. The molecule has 11 heteroatoms. The van der Waals surface area contributed by atoms with Crippen molar-refractivity contribution >= 4 is 46.2 Å². The van der Waals surface area contributed by atoms with Crippen molar-refractivity contribution in [3.63, 3.8) is 0 Å². The number of pyridine rings is 2. The van der Waals surface area contributed by atoms with Crippen LogP contribution in [0.4, 0.5) is 10.5 Å². The summed E-state index contributed by atoms with van der Waals surface area (Å²) in [4.78, 5) is 46.7. The highest BCUT2D eigenvalue weighted by atomic mass is 35.5. The number of methoxy groups -OCH3 is 1. The predicted octanol–water partition coefficient (Wildman–Crippen LogP) is 4.99. The Morgan fingerprint density at radius 2 is 1.74 bits per heavy atom. The molecule has 1 aliphatic rings. The van der Waals surface area contributed by atoms with Crippen LogP contribution in [-0.2, 0) is 20.8 Å². The number of fused-ring (bicyclic) bond motifs is 1. The summed E-state index contributed by atoms with van der Waals surface area (Å²) in [5.74, 6) is 3.98. The second-order valence-corrected chi connectivity index (χ2v) is 11.4. The van der Waals surface area contributed by atoms with E-state index in [-0.39, 0.29) is 30.0 Å². The number of benzene rings is 1. The van der Waals surface area contributed by atoms with Crippen LogP contribution in [0.15, 0.2) is 42.6 Å². The fraction of sp³-hybridized carbons (Fsp3) is 0.387. The highest BCUT2D eigenvalue weighted by molar-refractivity contribution is 6.30. The van der Waals surface area contributed by atoms with E-state index < -0.39 is 23.6 Å². The number of hydrogen-bond acceptors (Lipinski definition) is 8. The third-order valence-corrected chi connectivity index (χ3v) is 6.86. The first-order valence-corrected chi connectivity index (χ1v) is 14.1. The predicted molar refractivity (Wildman–Crippen MR) is 160 cm³/mol. The average Bonchev–Trinajstić information content (AvgIpc) is 2.96. The van der Waals surface area contributed by atoms with E-state index in [0.29, 0.717) is 21.6 Å². The summed E-state index contributed by atoms with van der Waals surface area (Å²) in [5, 5.41) is 10.6. The van der Waals surface area contributed by atoms with Crippen molar-refractivity contribution < 1.29 is 23.9 Å². The minimum Gasteiger partial charge on any atom is -0.459 e. The van der Waals surface area contributed by atoms with Crippen molar-refractivity contribution in [1.29, 1.82) is 0 Å². The lowest BCUT2D eigenvalue weighted by Crippen LogP contribution is -2.42. The molecule has 0 unspecified atom stereocenters. The quantitative estimate of drug-likeness (QED) is 0.270. The SMILES string of the molecule is COC(=O)C#Cc1nc(C(=O)NCc2ccc(Cl)cc2)c(NC2CCC(NC(=O)OC(C)(C)C)CC2)c2ncccc12. The number of alkyl carbamates (subject to hydrolysis) is 1. The van der Waals surface area contributed by atoms with E-state index in [0.717, 1.165) is 31.2 Å². The number of halogens is 1. The zero-order valence-corrected chi connectivity index (χ0v) is 24.8. The maximum Gasteiger partial charge on any atom is 0.407 e. The lowest BCUT2D eigenvalue weighted by molar-refractivity contribution is -0.133. The van der Waals surface area contributed by atoms with Crippen molar-refractivity contribution in [1.82, 2.24) is 20.6 Å². The summed E-state index contributed by atoms with van der Waals surface area (Å²) in [6.07, 6.45) is 4.14. The maximum atomic E-state index is 13.6. The summed E-state index contributed by atoms with van der Waals surface area (Å²) in [7, 11) is 1.24. The van der Waals surface area contributed by atoms with Gasteiger partial charge in [0.1, 0.15) is 11.3 Å². The molecular formula is C31H34ClN5O5. The van der Waals surface area contributed by atoms with Gasteiger partial charge < -0.3 is 25.4 Å². The highest BCUT2D eigenvalue weighted by Gasteiger charge is 2.27. The summed E-state index contributed by atoms with van der Waals surface area (Å²) in [6.45, 7) is 5.74. The van der Waals surface area contributed by atoms with Crippen molar-refractivity contribution in [2.24, 2.45) is 0 Å². The first-order chi connectivity index (χ1) is 20.0. The summed E-state index contributed by atoms with van der Waals surface area (Å²) in [5.41, 5.74) is 1.62. The molecule has 3 aromatic rings. The average molecular weight is 592 g/mol. The second-order valence-electron chi connectivity index (χ2n) is 11.0. The number of anilines is 1. The van der Waals surface area contributed by atoms with Crippen LogP contribution in [0.5, 0.6) is 0 Å². The number of carbonyl (C=O) groups excluding carboxylic acids is 3. The van der Waals surface area contributed by atoms with Gasteiger partial charge in [0.2, 0.25) is 0 Å². The first-order valence-electron chi connectivity index (χ1n) is 13.7. The third-order valence-electron chi connectivity index (χ3n) is 6.61. The number of aromatic nitrogens is 2. The van der Waals surface area contributed by atoms with Gasteiger partial charge in [0.15, 0.2) is 5.69 Å². The number of nitrogens with zero attached hydrogens (tertiary/aromatic N) is 2. The molecule has 0 radical (unpaired) electrons. The van der Waals surface area contributed by atoms with Crippen molar-refractivity contribution in [2.45, 2.75) is 70.7 Å². The molecule has 1 saturated carbocycles. The topological polar surface area (TPSA) is 132 Å². The van der Waals surface area contributed by atoms with Gasteiger partial charge in [-0.05, 0) is 82.2 Å². The van der Waals surface area contributed by atoms with Crippen molar-refractivity contribution in [3.05, 3.63) is 64.6 Å². The second kappa shape index (κ2) is 13.5. The highest BCUT2D eigenvalue weighted by Crippen LogP contribution is 2.30. The van der Waals surface area contributed by atoms with E-state index in [4.69, 9.17) is 16.3 Å². The molecular weight excluding hydrogens is 558 g/mol. The van der Waals surface area contributed by atoms with Gasteiger partial charge in [-0.3, -0.25) is 9.78 Å². The molecule has 2 aromatic heterocycles. The van der Waals surface area contributed by atoms with Crippen LogP contribution in [0.1, 0.15) is 68.2 Å². The maximum absolute atomic E-state index is 13.6. The van der Waals surface area contributed by atoms with Crippen LogP contribution in [0.25, 0.3) is 10.9 Å². The molecule has 220 valence electrons. The molecule has 1 aliphatic carbocycles. The fourth-order valence-corrected chi connectivity index (χ4v) is 4.75. The fourth-order valence-electron chi connectivity index (χ4n) is 4.62. The van der Waals surface area contributed by atoms with Crippen LogP contribution in [0.3, 0.4) is 0 Å². The molecule has 3 N–H and O–H groups in total. The van der Waals surface area contributed by atoms with Gasteiger partial charge in [-0.25, -0.2) is 14.6 Å². The van der Waals surface area contributed by atoms with Gasteiger partial charge in [-0.15, -0.1) is 0 Å². The van der Waals surface area contributed by atoms with E-state index in [9.17, 15) is 14.4 Å². The molecule has 0 saturated heterocycles. The molecule has 0 spiro atoms. The van der Waals surface area contributed by atoms with Gasteiger partial charge in [0.05, 0.1) is 18.3 Å². The third kappa shape index (κ3) is 8.33. The van der Waals surface area contributed by atoms with Crippen molar-refractivity contribution in [3.8, 4) is 11.8 Å². The van der Waals surface area contributed by atoms with Crippen molar-refractivity contribution in [2.75, 3.05) is 12.4 Å². The molecule has 42 heavy (non-hydrogen) atoms. The summed E-state index contributed by atoms with van der Waals surface area (Å²) in [6, 6.07) is 10.7. The van der Waals surface area contributed by atoms with Crippen LogP contribution in [0, 0.1) is 11.8 Å². The van der Waals surface area contributed by atoms with Crippen LogP contribution in [0.2, 0.25) is 5.02 Å². The van der Waals surface area contributed by atoms with Crippen LogP contribution < -0.4 is 16.0 Å². The molecule has 2 heterocycles. The summed E-state index contributed by atoms with van der Waals surface area (Å²) < 4.78 is 10.0. The van der Waals surface area contributed by atoms with Crippen LogP contribution >= 0.6 is 11.6 Å². The normalized spacial score (nSPS) is 16.5. The lowest BCUT2D eigenvalue weighted by atomic mass is 9.91. The van der Waals surface area contributed by atoms with Gasteiger partial charge in [-0.2, -0.15) is 0 Å². The van der Waals surface area contributed by atoms with E-state index in [1.165, 1.54) is 7.11 Å². The minimum atomic E-state index is -0.721. The number of hydrogen-bond donors (Lipinski definition) is 3. The Balaban J connectivity index is 1.60. The van der Waals surface area contributed by atoms with E-state index in [2.05, 4.69) is 42.5 Å². The Morgan fingerprint density at radius 1 is 1.05 bits per heavy atom. The molecule has 0 aliphatic heterocycles. The number of nitrogens with one attached hydrogen (secondary N) is 3. The first kappa shape index (κ1) is 30.6. The molecule has 1 fully saturated rings. The van der Waals surface area contributed by atoms with Crippen LogP contribution in [-0.4, -0.2) is 52.7 Å². The molecule has 1 aromatic carbocycles. The molecule has 4 rings (SSSR count). The zero-order chi connectivity index (χ0) is 30.3. The largest absolute Gasteiger partial charge is 0.459 e. The van der Waals surface area contributed by atoms with Gasteiger partial charge >= 0.3 is 12.1 Å². The molecule has 10 nitrogen and oxygen atoms in total. The van der Waals surface area contributed by atoms with E-state index >= 15 is 0 Å². The van der Waals surface area contributed by atoms with Gasteiger partial charge in [0.25, 0.3) is 5.91 Å². The summed E-state index contributed by atoms with van der Waals surface area (Å²) >= 11 is 5.99. The van der Waals surface area contributed by atoms with Gasteiger partial charge in [-0.1, -0.05) is 23.7 Å². The number of ether oxygens (including phenoxy) is 2. The number of esters is 1. The van der Waals surface area contributed by atoms with Gasteiger partial charge in [0, 0.05) is 41.2 Å². The smallest absolute Gasteiger partial charge is 0.407 e. The van der Waals surface area contributed by atoms with E-state index in [1.54, 1.807) is 30.5 Å².